The van der Waals surface area contributed by atoms with Crippen LogP contribution in [0.15, 0.2) is 16.8 Å². The Bertz CT molecular complexity index is 314. The zero-order valence-electron chi connectivity index (χ0n) is 8.16. The smallest absolute Gasteiger partial charge is 0.140 e. The monoisotopic (exact) mass is 209 g/mol. The van der Waals surface area contributed by atoms with Gasteiger partial charge in [0, 0.05) is 18.4 Å². The second kappa shape index (κ2) is 3.83. The van der Waals surface area contributed by atoms with E-state index in [9.17, 15) is 4.79 Å². The lowest BCUT2D eigenvalue weighted by Crippen LogP contribution is -2.25. The molecule has 2 N–H and O–H groups in total. The highest BCUT2D eigenvalue weighted by molar-refractivity contribution is 7.07. The number of Topliss-reactive ketones (excluding diaryl/α,β-unsaturated/α-hetero) is 1. The van der Waals surface area contributed by atoms with Gasteiger partial charge in [-0.25, -0.2) is 0 Å². The van der Waals surface area contributed by atoms with Crippen LogP contribution in [0.4, 0.5) is 0 Å². The van der Waals surface area contributed by atoms with Crippen molar-refractivity contribution < 1.29 is 4.79 Å². The van der Waals surface area contributed by atoms with E-state index in [0.717, 1.165) is 19.3 Å². The summed E-state index contributed by atoms with van der Waals surface area (Å²) in [5, 5.41) is 4.16. The lowest BCUT2D eigenvalue weighted by Gasteiger charge is -2.09. The van der Waals surface area contributed by atoms with Crippen LogP contribution < -0.4 is 5.73 Å². The summed E-state index contributed by atoms with van der Waals surface area (Å²) < 4.78 is 0. The molecular weight excluding hydrogens is 194 g/mol. The van der Waals surface area contributed by atoms with E-state index in [1.165, 1.54) is 5.56 Å². The molecule has 0 unspecified atom stereocenters. The highest BCUT2D eigenvalue weighted by atomic mass is 32.1. The normalized spacial score (nSPS) is 18.1. The largest absolute Gasteiger partial charge is 0.329 e. The van der Waals surface area contributed by atoms with Crippen LogP contribution >= 0.6 is 11.3 Å². The van der Waals surface area contributed by atoms with Crippen molar-refractivity contribution in [3.8, 4) is 0 Å². The Hall–Kier alpha value is -0.670. The number of thiophene rings is 1. The number of aryl methyl sites for hydroxylation is 1. The zero-order chi connectivity index (χ0) is 10.0. The molecule has 1 fully saturated rings. The molecule has 2 nitrogen and oxygen atoms in total. The third kappa shape index (κ3) is 1.88. The minimum atomic E-state index is -0.115. The van der Waals surface area contributed by atoms with Crippen molar-refractivity contribution in [2.24, 2.45) is 11.1 Å². The molecule has 1 aliphatic rings. The molecule has 3 heteroatoms. The van der Waals surface area contributed by atoms with Crippen molar-refractivity contribution in [1.29, 1.82) is 0 Å². The van der Waals surface area contributed by atoms with Gasteiger partial charge in [-0.3, -0.25) is 4.79 Å². The first-order valence-corrected chi connectivity index (χ1v) is 5.96. The van der Waals surface area contributed by atoms with Gasteiger partial charge in [0.2, 0.25) is 0 Å². The average molecular weight is 209 g/mol. The molecule has 0 bridgehead atoms. The van der Waals surface area contributed by atoms with Gasteiger partial charge in [0.05, 0.1) is 0 Å². The summed E-state index contributed by atoms with van der Waals surface area (Å²) in [6.07, 6.45) is 3.55. The quantitative estimate of drug-likeness (QED) is 0.806. The first-order chi connectivity index (χ1) is 6.77. The van der Waals surface area contributed by atoms with Gasteiger partial charge in [-0.05, 0) is 41.7 Å². The van der Waals surface area contributed by atoms with E-state index in [0.29, 0.717) is 18.7 Å². The molecule has 1 heterocycles. The molecule has 0 aromatic carbocycles. The van der Waals surface area contributed by atoms with Crippen LogP contribution in [0.3, 0.4) is 0 Å². The summed E-state index contributed by atoms with van der Waals surface area (Å²) in [5.74, 6) is 0.367. The van der Waals surface area contributed by atoms with Crippen LogP contribution in [0.5, 0.6) is 0 Å². The van der Waals surface area contributed by atoms with Crippen molar-refractivity contribution in [3.63, 3.8) is 0 Å². The van der Waals surface area contributed by atoms with E-state index < -0.39 is 0 Å². The number of hydrogen-bond acceptors (Lipinski definition) is 3. The Kier molecular flexibility index (Phi) is 2.70. The predicted octanol–water partition coefficient (Wildman–Crippen LogP) is 1.99. The molecule has 0 aliphatic heterocycles. The van der Waals surface area contributed by atoms with Crippen molar-refractivity contribution >= 4 is 17.1 Å². The molecule has 1 aromatic heterocycles. The average Bonchev–Trinajstić information content (AvgIpc) is 2.84. The maximum Gasteiger partial charge on any atom is 0.140 e. The molecule has 0 radical (unpaired) electrons. The fourth-order valence-electron chi connectivity index (χ4n) is 1.71. The second-order valence-corrected chi connectivity index (χ2v) is 4.82. The fraction of sp³-hybridized carbons (Fsp3) is 0.545. The van der Waals surface area contributed by atoms with E-state index in [4.69, 9.17) is 5.73 Å². The van der Waals surface area contributed by atoms with Crippen LogP contribution in [0.1, 0.15) is 24.8 Å². The number of carbonyl (C=O) groups excluding carboxylic acids is 1. The number of hydrogen-bond donors (Lipinski definition) is 1. The third-order valence-corrected chi connectivity index (χ3v) is 3.79. The van der Waals surface area contributed by atoms with Gasteiger partial charge in [0.15, 0.2) is 0 Å². The molecular formula is C11H15NOS. The fourth-order valence-corrected chi connectivity index (χ4v) is 2.41. The van der Waals surface area contributed by atoms with Crippen molar-refractivity contribution in [2.75, 3.05) is 6.54 Å². The topological polar surface area (TPSA) is 43.1 Å². The van der Waals surface area contributed by atoms with Crippen LogP contribution in [0.2, 0.25) is 0 Å². The third-order valence-electron chi connectivity index (χ3n) is 3.06. The summed E-state index contributed by atoms with van der Waals surface area (Å²) >= 11 is 1.68. The van der Waals surface area contributed by atoms with Crippen molar-refractivity contribution in [2.45, 2.75) is 25.7 Å². The number of carbonyl (C=O) groups is 1. The van der Waals surface area contributed by atoms with E-state index in [2.05, 4.69) is 16.8 Å². The molecule has 0 atom stereocenters. The molecule has 2 rings (SSSR count). The lowest BCUT2D eigenvalue weighted by molar-refractivity contribution is -0.123. The van der Waals surface area contributed by atoms with Crippen molar-refractivity contribution in [3.05, 3.63) is 22.4 Å². The van der Waals surface area contributed by atoms with E-state index in [1.807, 2.05) is 0 Å². The van der Waals surface area contributed by atoms with E-state index >= 15 is 0 Å². The van der Waals surface area contributed by atoms with Crippen molar-refractivity contribution in [1.82, 2.24) is 0 Å². The van der Waals surface area contributed by atoms with Crippen LogP contribution in [0, 0.1) is 5.41 Å². The first-order valence-electron chi connectivity index (χ1n) is 5.01. The highest BCUT2D eigenvalue weighted by Gasteiger charge is 2.47. The Morgan fingerprint density at radius 3 is 2.86 bits per heavy atom. The van der Waals surface area contributed by atoms with E-state index in [-0.39, 0.29) is 5.41 Å². The minimum absolute atomic E-state index is 0.115. The lowest BCUT2D eigenvalue weighted by atomic mass is 9.96. The second-order valence-electron chi connectivity index (χ2n) is 4.04. The Morgan fingerprint density at radius 1 is 1.57 bits per heavy atom. The van der Waals surface area contributed by atoms with Gasteiger partial charge >= 0.3 is 0 Å². The zero-order valence-corrected chi connectivity index (χ0v) is 8.98. The molecule has 1 saturated carbocycles. The van der Waals surface area contributed by atoms with Gasteiger partial charge in [0.1, 0.15) is 5.78 Å². The first kappa shape index (κ1) is 9.87. The summed E-state index contributed by atoms with van der Waals surface area (Å²) in [7, 11) is 0. The van der Waals surface area contributed by atoms with Gasteiger partial charge in [0.25, 0.3) is 0 Å². The molecule has 0 amide bonds. The highest BCUT2D eigenvalue weighted by Crippen LogP contribution is 2.46. The summed E-state index contributed by atoms with van der Waals surface area (Å²) in [6.45, 7) is 0.537. The summed E-state index contributed by atoms with van der Waals surface area (Å²) in [6, 6.07) is 2.08. The van der Waals surface area contributed by atoms with Gasteiger partial charge in [-0.1, -0.05) is 0 Å². The molecule has 1 aliphatic carbocycles. The summed E-state index contributed by atoms with van der Waals surface area (Å²) in [5.41, 5.74) is 6.76. The molecule has 0 saturated heterocycles. The SMILES string of the molecule is NCC1(C(=O)CCc2ccsc2)CC1. The van der Waals surface area contributed by atoms with Crippen LogP contribution in [-0.4, -0.2) is 12.3 Å². The number of ketones is 1. The maximum atomic E-state index is 11.8. The van der Waals surface area contributed by atoms with E-state index in [1.54, 1.807) is 11.3 Å². The standard InChI is InChI=1S/C11H15NOS/c12-8-11(4-5-11)10(13)2-1-9-3-6-14-7-9/h3,6-7H,1-2,4-5,8,12H2. The van der Waals surface area contributed by atoms with Gasteiger partial charge < -0.3 is 5.73 Å². The number of nitrogens with two attached hydrogens (primary N) is 1. The van der Waals surface area contributed by atoms with Crippen LogP contribution in [-0.2, 0) is 11.2 Å². The maximum absolute atomic E-state index is 11.8. The molecule has 1 aromatic rings. The minimum Gasteiger partial charge on any atom is -0.329 e. The summed E-state index contributed by atoms with van der Waals surface area (Å²) in [4.78, 5) is 11.8. The molecule has 76 valence electrons. The Morgan fingerprint density at radius 2 is 2.36 bits per heavy atom. The predicted molar refractivity (Wildman–Crippen MR) is 58.4 cm³/mol. The Labute approximate surface area is 88.1 Å². The van der Waals surface area contributed by atoms with Gasteiger partial charge in [-0.2, -0.15) is 11.3 Å². The Balaban J connectivity index is 1.84. The molecule has 14 heavy (non-hydrogen) atoms. The van der Waals surface area contributed by atoms with Crippen LogP contribution in [0.25, 0.3) is 0 Å². The number of rotatable bonds is 5. The van der Waals surface area contributed by atoms with Gasteiger partial charge in [-0.15, -0.1) is 0 Å². The molecule has 0 spiro atoms.